The summed E-state index contributed by atoms with van der Waals surface area (Å²) in [4.78, 5) is 24.0. The normalized spacial score (nSPS) is 11.8. The minimum absolute atomic E-state index is 0.0498. The van der Waals surface area contributed by atoms with Gasteiger partial charge in [-0.25, -0.2) is 4.79 Å². The van der Waals surface area contributed by atoms with Gasteiger partial charge < -0.3 is 15.3 Å². The Morgan fingerprint density at radius 1 is 1.40 bits per heavy atom. The van der Waals surface area contributed by atoms with Crippen LogP contribution in [0.3, 0.4) is 0 Å². The number of carboxylic acids is 1. The highest BCUT2D eigenvalue weighted by atomic mass is 79.9. The number of urea groups is 1. The van der Waals surface area contributed by atoms with Crippen LogP contribution in [0.5, 0.6) is 0 Å². The number of nitrogens with one attached hydrogen (secondary N) is 1. The van der Waals surface area contributed by atoms with Crippen molar-refractivity contribution in [2.75, 3.05) is 13.6 Å². The van der Waals surface area contributed by atoms with Crippen molar-refractivity contribution >= 4 is 27.9 Å². The number of aliphatic carboxylic acids is 1. The van der Waals surface area contributed by atoms with Crippen LogP contribution in [0.15, 0.2) is 28.7 Å². The molecule has 0 aliphatic rings. The van der Waals surface area contributed by atoms with Crippen LogP contribution in [0.1, 0.15) is 18.9 Å². The Labute approximate surface area is 127 Å². The first-order chi connectivity index (χ1) is 9.40. The average Bonchev–Trinajstić information content (AvgIpc) is 2.37. The fraction of sp³-hybridized carbons (Fsp3) is 0.429. The van der Waals surface area contributed by atoms with E-state index in [-0.39, 0.29) is 18.4 Å². The zero-order valence-electron chi connectivity index (χ0n) is 11.6. The third-order valence-electron chi connectivity index (χ3n) is 2.84. The average molecular weight is 343 g/mol. The van der Waals surface area contributed by atoms with Gasteiger partial charge in [0.25, 0.3) is 0 Å². The maximum absolute atomic E-state index is 11.9. The van der Waals surface area contributed by atoms with Crippen LogP contribution in [0.2, 0.25) is 0 Å². The molecule has 6 heteroatoms. The third-order valence-corrected chi connectivity index (χ3v) is 3.61. The highest BCUT2D eigenvalue weighted by molar-refractivity contribution is 9.10. The number of hydrogen-bond acceptors (Lipinski definition) is 2. The van der Waals surface area contributed by atoms with Crippen molar-refractivity contribution in [1.82, 2.24) is 10.2 Å². The van der Waals surface area contributed by atoms with Crippen molar-refractivity contribution in [3.63, 3.8) is 0 Å². The molecule has 0 spiro atoms. The molecule has 1 rings (SSSR count). The largest absolute Gasteiger partial charge is 0.481 e. The molecule has 0 heterocycles. The van der Waals surface area contributed by atoms with Crippen LogP contribution in [0.25, 0.3) is 0 Å². The summed E-state index contributed by atoms with van der Waals surface area (Å²) in [6.07, 6.45) is 0.0498. The molecule has 2 amide bonds. The van der Waals surface area contributed by atoms with Gasteiger partial charge in [0.2, 0.25) is 0 Å². The molecule has 1 atom stereocenters. The van der Waals surface area contributed by atoms with E-state index in [9.17, 15) is 9.59 Å². The summed E-state index contributed by atoms with van der Waals surface area (Å²) in [7, 11) is 1.70. The van der Waals surface area contributed by atoms with Crippen LogP contribution in [0, 0.1) is 5.92 Å². The fourth-order valence-electron chi connectivity index (χ4n) is 1.72. The van der Waals surface area contributed by atoms with Crippen molar-refractivity contribution in [3.8, 4) is 0 Å². The molecule has 0 saturated carbocycles. The van der Waals surface area contributed by atoms with E-state index < -0.39 is 5.97 Å². The van der Waals surface area contributed by atoms with Crippen molar-refractivity contribution < 1.29 is 14.7 Å². The van der Waals surface area contributed by atoms with E-state index in [1.54, 1.807) is 18.9 Å². The molecule has 1 unspecified atom stereocenters. The van der Waals surface area contributed by atoms with Crippen molar-refractivity contribution in [1.29, 1.82) is 0 Å². The van der Waals surface area contributed by atoms with E-state index in [4.69, 9.17) is 5.11 Å². The number of rotatable bonds is 6. The SMILES string of the molecule is CC(CNC(=O)N(C)Cc1ccccc1Br)CC(=O)O. The Balaban J connectivity index is 2.44. The van der Waals surface area contributed by atoms with Gasteiger partial charge in [-0.15, -0.1) is 0 Å². The lowest BCUT2D eigenvalue weighted by atomic mass is 10.1. The number of halogens is 1. The summed E-state index contributed by atoms with van der Waals surface area (Å²) in [6, 6.07) is 7.50. The van der Waals surface area contributed by atoms with Gasteiger partial charge in [-0.1, -0.05) is 41.1 Å². The Hall–Kier alpha value is -1.56. The molecule has 0 saturated heterocycles. The maximum atomic E-state index is 11.9. The standard InChI is InChI=1S/C14H19BrN2O3/c1-10(7-13(18)19)8-16-14(20)17(2)9-11-5-3-4-6-12(11)15/h3-6,10H,7-9H2,1-2H3,(H,16,20)(H,18,19). The molecule has 20 heavy (non-hydrogen) atoms. The lowest BCUT2D eigenvalue weighted by Crippen LogP contribution is -2.39. The molecule has 0 aliphatic heterocycles. The molecule has 110 valence electrons. The minimum atomic E-state index is -0.853. The zero-order chi connectivity index (χ0) is 15.1. The summed E-state index contributed by atoms with van der Waals surface area (Å²) in [5.41, 5.74) is 1.02. The molecular weight excluding hydrogens is 324 g/mol. The van der Waals surface area contributed by atoms with E-state index in [2.05, 4.69) is 21.2 Å². The van der Waals surface area contributed by atoms with Crippen molar-refractivity contribution in [2.24, 2.45) is 5.92 Å². The molecule has 0 aromatic heterocycles. The minimum Gasteiger partial charge on any atom is -0.481 e. The highest BCUT2D eigenvalue weighted by Crippen LogP contribution is 2.17. The summed E-state index contributed by atoms with van der Waals surface area (Å²) >= 11 is 3.44. The molecule has 0 aliphatic carbocycles. The van der Waals surface area contributed by atoms with E-state index in [1.807, 2.05) is 24.3 Å². The summed E-state index contributed by atoms with van der Waals surface area (Å²) in [5, 5.41) is 11.4. The summed E-state index contributed by atoms with van der Waals surface area (Å²) < 4.78 is 0.957. The van der Waals surface area contributed by atoms with Gasteiger partial charge in [-0.3, -0.25) is 4.79 Å². The van der Waals surface area contributed by atoms with E-state index >= 15 is 0 Å². The quantitative estimate of drug-likeness (QED) is 0.834. The maximum Gasteiger partial charge on any atom is 0.317 e. The van der Waals surface area contributed by atoms with Crippen molar-refractivity contribution in [2.45, 2.75) is 19.9 Å². The monoisotopic (exact) mass is 342 g/mol. The number of benzene rings is 1. The lowest BCUT2D eigenvalue weighted by molar-refractivity contribution is -0.137. The fourth-order valence-corrected chi connectivity index (χ4v) is 2.13. The van der Waals surface area contributed by atoms with Gasteiger partial charge in [0.1, 0.15) is 0 Å². The van der Waals surface area contributed by atoms with Gasteiger partial charge >= 0.3 is 12.0 Å². The second-order valence-corrected chi connectivity index (χ2v) is 5.69. The predicted molar refractivity (Wildman–Crippen MR) is 80.4 cm³/mol. The number of hydrogen-bond donors (Lipinski definition) is 2. The lowest BCUT2D eigenvalue weighted by Gasteiger charge is -2.20. The van der Waals surface area contributed by atoms with Crippen LogP contribution in [-0.4, -0.2) is 35.6 Å². The molecule has 1 aromatic rings. The number of carboxylic acid groups (broad SMARTS) is 1. The van der Waals surface area contributed by atoms with E-state index in [1.165, 1.54) is 0 Å². The molecule has 2 N–H and O–H groups in total. The first-order valence-corrected chi connectivity index (χ1v) is 7.13. The topological polar surface area (TPSA) is 69.6 Å². The van der Waals surface area contributed by atoms with Gasteiger partial charge in [-0.2, -0.15) is 0 Å². The first kappa shape index (κ1) is 16.5. The Kier molecular flexibility index (Phi) is 6.51. The van der Waals surface area contributed by atoms with E-state index in [0.717, 1.165) is 10.0 Å². The molecule has 0 radical (unpaired) electrons. The van der Waals surface area contributed by atoms with Gasteiger partial charge in [-0.05, 0) is 17.5 Å². The smallest absolute Gasteiger partial charge is 0.317 e. The van der Waals surface area contributed by atoms with Crippen LogP contribution >= 0.6 is 15.9 Å². The van der Waals surface area contributed by atoms with Crippen LogP contribution in [0.4, 0.5) is 4.79 Å². The molecule has 5 nitrogen and oxygen atoms in total. The van der Waals surface area contributed by atoms with Crippen LogP contribution < -0.4 is 5.32 Å². The van der Waals surface area contributed by atoms with Crippen molar-refractivity contribution in [3.05, 3.63) is 34.3 Å². The van der Waals surface area contributed by atoms with Gasteiger partial charge in [0.15, 0.2) is 0 Å². The Bertz CT molecular complexity index is 479. The van der Waals surface area contributed by atoms with Gasteiger partial charge in [0, 0.05) is 31.0 Å². The van der Waals surface area contributed by atoms with Gasteiger partial charge in [0.05, 0.1) is 0 Å². The first-order valence-electron chi connectivity index (χ1n) is 6.34. The highest BCUT2D eigenvalue weighted by Gasteiger charge is 2.13. The van der Waals surface area contributed by atoms with Crippen LogP contribution in [-0.2, 0) is 11.3 Å². The summed E-state index contributed by atoms with van der Waals surface area (Å²) in [5.74, 6) is -0.943. The second-order valence-electron chi connectivity index (χ2n) is 4.84. The number of carbonyl (C=O) groups is 2. The molecular formula is C14H19BrN2O3. The number of nitrogens with zero attached hydrogens (tertiary/aromatic N) is 1. The number of carbonyl (C=O) groups excluding carboxylic acids is 1. The molecule has 1 aromatic carbocycles. The summed E-state index contributed by atoms with van der Waals surface area (Å²) in [6.45, 7) is 2.63. The third kappa shape index (κ3) is 5.61. The Morgan fingerprint density at radius 2 is 2.05 bits per heavy atom. The zero-order valence-corrected chi connectivity index (χ0v) is 13.2. The van der Waals surface area contributed by atoms with E-state index in [0.29, 0.717) is 13.1 Å². The predicted octanol–water partition coefficient (Wildman–Crippen LogP) is 2.70. The molecule has 0 fully saturated rings. The second kappa shape index (κ2) is 7.89. The molecule has 0 bridgehead atoms. The number of amides is 2. The Morgan fingerprint density at radius 3 is 2.65 bits per heavy atom.